The predicted octanol–water partition coefficient (Wildman–Crippen LogP) is 5.67. The number of likely N-dealkylation sites (tertiary alicyclic amines) is 1. The highest BCUT2D eigenvalue weighted by Gasteiger charge is 2.26. The number of ether oxygens (including phenoxy) is 3. The number of aromatic nitrogens is 2. The molecule has 0 bridgehead atoms. The van der Waals surface area contributed by atoms with E-state index in [1.807, 2.05) is 7.05 Å². The molecule has 1 saturated heterocycles. The van der Waals surface area contributed by atoms with Crippen LogP contribution in [0, 0.1) is 11.6 Å². The van der Waals surface area contributed by atoms with Crippen LogP contribution in [0.25, 0.3) is 0 Å². The summed E-state index contributed by atoms with van der Waals surface area (Å²) in [5.74, 6) is -3.50. The molecule has 0 saturated carbocycles. The summed E-state index contributed by atoms with van der Waals surface area (Å²) in [7, 11) is -2.39. The molecule has 10 nitrogen and oxygen atoms in total. The summed E-state index contributed by atoms with van der Waals surface area (Å²) in [6.07, 6.45) is 4.51. The SMILES string of the molecule is CC[C@@H](Oc1ccc(C(=O)NS(=O)(=O)c2ccc(O[C@@H]3CCCN(C)C3)cc2)c(F)c1F)c1ccc(Oc2ccccn2)cn1. The molecule has 2 aromatic heterocycles. The second-order valence-electron chi connectivity index (χ2n) is 10.5. The lowest BCUT2D eigenvalue weighted by molar-refractivity contribution is 0.0976. The van der Waals surface area contributed by atoms with Gasteiger partial charge < -0.3 is 19.1 Å². The highest BCUT2D eigenvalue weighted by atomic mass is 32.2. The van der Waals surface area contributed by atoms with E-state index in [9.17, 15) is 13.2 Å². The number of nitrogens with one attached hydrogen (secondary N) is 1. The number of benzene rings is 2. The van der Waals surface area contributed by atoms with Crippen LogP contribution in [0.2, 0.25) is 0 Å². The maximum Gasteiger partial charge on any atom is 0.268 e. The quantitative estimate of drug-likeness (QED) is 0.222. The molecule has 13 heteroatoms. The van der Waals surface area contributed by atoms with Gasteiger partial charge in [0.15, 0.2) is 11.6 Å². The second-order valence-corrected chi connectivity index (χ2v) is 12.2. The summed E-state index contributed by atoms with van der Waals surface area (Å²) < 4.78 is 74.9. The summed E-state index contributed by atoms with van der Waals surface area (Å²) >= 11 is 0. The van der Waals surface area contributed by atoms with Crippen molar-refractivity contribution in [2.75, 3.05) is 20.1 Å². The molecule has 0 radical (unpaired) electrons. The van der Waals surface area contributed by atoms with E-state index in [4.69, 9.17) is 14.2 Å². The molecule has 2 aromatic carbocycles. The molecule has 1 amide bonds. The zero-order valence-corrected chi connectivity index (χ0v) is 25.5. The van der Waals surface area contributed by atoms with Crippen LogP contribution in [-0.2, 0) is 10.0 Å². The molecule has 0 aliphatic carbocycles. The summed E-state index contributed by atoms with van der Waals surface area (Å²) in [6, 6.07) is 16.0. The van der Waals surface area contributed by atoms with E-state index in [0.29, 0.717) is 29.5 Å². The van der Waals surface area contributed by atoms with E-state index in [2.05, 4.69) is 14.9 Å². The van der Waals surface area contributed by atoms with Gasteiger partial charge in [-0.2, -0.15) is 4.39 Å². The standard InChI is InChI=1S/C32H32F2N4O6S/c1-3-27(26-15-11-22(19-36-26)43-29-8-4-5-17-35-29)44-28-16-14-25(30(33)31(28)34)32(39)37-45(40,41)24-12-9-21(10-13-24)42-23-7-6-18-38(2)20-23/h4-5,8-17,19,23,27H,3,6-7,18,20H2,1-2H3,(H,37,39)/t23-,27-/m1/s1. The lowest BCUT2D eigenvalue weighted by atomic mass is 10.1. The molecule has 45 heavy (non-hydrogen) atoms. The van der Waals surface area contributed by atoms with E-state index >= 15 is 8.78 Å². The first-order valence-electron chi connectivity index (χ1n) is 14.3. The van der Waals surface area contributed by atoms with Gasteiger partial charge in [0.25, 0.3) is 15.9 Å². The van der Waals surface area contributed by atoms with Gasteiger partial charge in [-0.05, 0) is 87.5 Å². The number of likely N-dealkylation sites (N-methyl/N-ethyl adjacent to an activating group) is 1. The van der Waals surface area contributed by atoms with E-state index in [1.54, 1.807) is 48.2 Å². The van der Waals surface area contributed by atoms with Crippen LogP contribution in [0.1, 0.15) is 48.3 Å². The number of amides is 1. The van der Waals surface area contributed by atoms with Crippen LogP contribution in [0.15, 0.2) is 84.0 Å². The Labute approximate surface area is 260 Å². The number of carbonyl (C=O) groups excluding carboxylic acids is 1. The largest absolute Gasteiger partial charge is 0.489 e. The van der Waals surface area contributed by atoms with Crippen LogP contribution < -0.4 is 18.9 Å². The fourth-order valence-electron chi connectivity index (χ4n) is 4.82. The normalized spacial score (nSPS) is 16.0. The van der Waals surface area contributed by atoms with Gasteiger partial charge in [-0.15, -0.1) is 0 Å². The van der Waals surface area contributed by atoms with Gasteiger partial charge in [0.05, 0.1) is 22.3 Å². The maximum atomic E-state index is 15.1. The minimum absolute atomic E-state index is 0.0163. The van der Waals surface area contributed by atoms with Crippen molar-refractivity contribution < 1.29 is 36.2 Å². The number of nitrogens with zero attached hydrogens (tertiary/aromatic N) is 3. The average Bonchev–Trinajstić information content (AvgIpc) is 3.03. The van der Waals surface area contributed by atoms with Crippen LogP contribution in [0.5, 0.6) is 23.1 Å². The van der Waals surface area contributed by atoms with E-state index in [-0.39, 0.29) is 11.0 Å². The van der Waals surface area contributed by atoms with Crippen molar-refractivity contribution in [2.45, 2.75) is 43.3 Å². The van der Waals surface area contributed by atoms with Gasteiger partial charge >= 0.3 is 0 Å². The Balaban J connectivity index is 1.23. The van der Waals surface area contributed by atoms with Gasteiger partial charge in [0.2, 0.25) is 11.7 Å². The Morgan fingerprint density at radius 1 is 1.02 bits per heavy atom. The topological polar surface area (TPSA) is 120 Å². The third-order valence-corrected chi connectivity index (χ3v) is 8.47. The molecule has 1 aliphatic heterocycles. The molecule has 1 fully saturated rings. The van der Waals surface area contributed by atoms with Crippen molar-refractivity contribution in [3.63, 3.8) is 0 Å². The van der Waals surface area contributed by atoms with Crippen LogP contribution in [0.4, 0.5) is 8.78 Å². The maximum absolute atomic E-state index is 15.1. The first kappa shape index (κ1) is 31.8. The van der Waals surface area contributed by atoms with Gasteiger partial charge in [0, 0.05) is 18.8 Å². The Morgan fingerprint density at radius 2 is 1.80 bits per heavy atom. The molecule has 1 aliphatic rings. The van der Waals surface area contributed by atoms with Gasteiger partial charge in [-0.3, -0.25) is 9.78 Å². The minimum atomic E-state index is -4.39. The molecule has 236 valence electrons. The smallest absolute Gasteiger partial charge is 0.268 e. The number of rotatable bonds is 11. The fourth-order valence-corrected chi connectivity index (χ4v) is 5.78. The first-order chi connectivity index (χ1) is 21.6. The Kier molecular flexibility index (Phi) is 9.89. The van der Waals surface area contributed by atoms with Crippen LogP contribution in [-0.4, -0.2) is 55.4 Å². The third kappa shape index (κ3) is 7.91. The van der Waals surface area contributed by atoms with Gasteiger partial charge in [-0.1, -0.05) is 13.0 Å². The molecular weight excluding hydrogens is 606 g/mol. The Bertz CT molecular complexity index is 1730. The molecule has 2 atom stereocenters. The summed E-state index contributed by atoms with van der Waals surface area (Å²) in [5.41, 5.74) is -0.368. The lowest BCUT2D eigenvalue weighted by Gasteiger charge is -2.30. The number of hydrogen-bond donors (Lipinski definition) is 1. The minimum Gasteiger partial charge on any atom is -0.489 e. The van der Waals surface area contributed by atoms with Crippen LogP contribution >= 0.6 is 0 Å². The fraction of sp³-hybridized carbons (Fsp3) is 0.281. The molecular formula is C32H32F2N4O6S. The summed E-state index contributed by atoms with van der Waals surface area (Å²) in [5, 5.41) is 0. The number of halogens is 2. The molecule has 0 spiro atoms. The number of hydrogen-bond acceptors (Lipinski definition) is 9. The van der Waals surface area contributed by atoms with Crippen molar-refractivity contribution in [1.82, 2.24) is 19.6 Å². The average molecular weight is 639 g/mol. The zero-order chi connectivity index (χ0) is 32.0. The van der Waals surface area contributed by atoms with E-state index in [0.717, 1.165) is 38.1 Å². The number of piperidine rings is 1. The highest BCUT2D eigenvalue weighted by Crippen LogP contribution is 2.30. The number of sulfonamides is 1. The number of pyridine rings is 2. The predicted molar refractivity (Wildman–Crippen MR) is 161 cm³/mol. The second kappa shape index (κ2) is 14.0. The molecule has 5 rings (SSSR count). The van der Waals surface area contributed by atoms with Crippen molar-refractivity contribution in [2.24, 2.45) is 0 Å². The molecule has 1 N–H and O–H groups in total. The summed E-state index contributed by atoms with van der Waals surface area (Å²) in [6.45, 7) is 3.53. The van der Waals surface area contributed by atoms with Crippen LogP contribution in [0.3, 0.4) is 0 Å². The number of carbonyl (C=O) groups is 1. The molecule has 3 heterocycles. The van der Waals surface area contributed by atoms with Crippen molar-refractivity contribution >= 4 is 15.9 Å². The Hall–Kier alpha value is -4.62. The Morgan fingerprint density at radius 3 is 2.47 bits per heavy atom. The van der Waals surface area contributed by atoms with Crippen molar-refractivity contribution in [3.8, 4) is 23.1 Å². The van der Waals surface area contributed by atoms with E-state index < -0.39 is 45.0 Å². The highest BCUT2D eigenvalue weighted by molar-refractivity contribution is 7.90. The monoisotopic (exact) mass is 638 g/mol. The van der Waals surface area contributed by atoms with Gasteiger partial charge in [-0.25, -0.2) is 22.5 Å². The van der Waals surface area contributed by atoms with Gasteiger partial charge in [0.1, 0.15) is 23.7 Å². The lowest BCUT2D eigenvalue weighted by Crippen LogP contribution is -2.38. The molecule has 0 unspecified atom stereocenters. The zero-order valence-electron chi connectivity index (χ0n) is 24.7. The third-order valence-electron chi connectivity index (χ3n) is 7.13. The first-order valence-corrected chi connectivity index (χ1v) is 15.8. The van der Waals surface area contributed by atoms with Crippen molar-refractivity contribution in [3.05, 3.63) is 102 Å². The van der Waals surface area contributed by atoms with Crippen molar-refractivity contribution in [1.29, 1.82) is 0 Å². The summed E-state index contributed by atoms with van der Waals surface area (Å²) in [4.78, 5) is 23.1. The van der Waals surface area contributed by atoms with E-state index in [1.165, 1.54) is 30.5 Å². The molecule has 4 aromatic rings.